The van der Waals surface area contributed by atoms with Crippen LogP contribution < -0.4 is 5.32 Å². The summed E-state index contributed by atoms with van der Waals surface area (Å²) in [6.45, 7) is 4.01. The van der Waals surface area contributed by atoms with E-state index in [1.165, 1.54) is 4.31 Å². The number of hydrogen-bond acceptors (Lipinski definition) is 3. The van der Waals surface area contributed by atoms with E-state index in [1.54, 1.807) is 31.3 Å². The molecule has 0 aliphatic rings. The van der Waals surface area contributed by atoms with Gasteiger partial charge in [0.25, 0.3) is 0 Å². The molecule has 32 heavy (non-hydrogen) atoms. The molecule has 0 saturated carbocycles. The minimum Gasteiger partial charge on any atom is -0.352 e. The number of carbonyl (C=O) groups excluding carboxylic acids is 1. The summed E-state index contributed by atoms with van der Waals surface area (Å²) >= 11 is 0. The Kier molecular flexibility index (Phi) is 7.83. The lowest BCUT2D eigenvalue weighted by atomic mass is 9.88. The lowest BCUT2D eigenvalue weighted by Gasteiger charge is -2.21. The molecule has 3 rings (SSSR count). The maximum absolute atomic E-state index is 12.8. The van der Waals surface area contributed by atoms with Crippen LogP contribution in [0.4, 0.5) is 0 Å². The fourth-order valence-electron chi connectivity index (χ4n) is 3.48. The monoisotopic (exact) mass is 450 g/mol. The average molecular weight is 451 g/mol. The van der Waals surface area contributed by atoms with Crippen LogP contribution in [0.2, 0.25) is 0 Å². The second-order valence-corrected chi connectivity index (χ2v) is 10.1. The molecule has 6 heteroatoms. The lowest BCUT2D eigenvalue weighted by molar-refractivity contribution is -0.121. The molecule has 0 unspecified atom stereocenters. The van der Waals surface area contributed by atoms with Crippen LogP contribution in [0.15, 0.2) is 89.8 Å². The third kappa shape index (κ3) is 5.84. The fourth-order valence-corrected chi connectivity index (χ4v) is 4.85. The van der Waals surface area contributed by atoms with Crippen LogP contribution >= 0.6 is 0 Å². The van der Waals surface area contributed by atoms with Gasteiger partial charge in [0.05, 0.1) is 4.90 Å². The second kappa shape index (κ2) is 10.6. The molecule has 3 aromatic carbocycles. The summed E-state index contributed by atoms with van der Waals surface area (Å²) in [5.41, 5.74) is 3.04. The van der Waals surface area contributed by atoms with Gasteiger partial charge < -0.3 is 5.32 Å². The zero-order valence-corrected chi connectivity index (χ0v) is 19.5. The van der Waals surface area contributed by atoms with Gasteiger partial charge in [0.2, 0.25) is 15.9 Å². The zero-order chi connectivity index (χ0) is 23.1. The Morgan fingerprint density at radius 2 is 1.34 bits per heavy atom. The molecular weight excluding hydrogens is 420 g/mol. The van der Waals surface area contributed by atoms with Crippen LogP contribution in [0.1, 0.15) is 42.9 Å². The molecule has 0 radical (unpaired) electrons. The Balaban J connectivity index is 1.66. The normalized spacial score (nSPS) is 11.8. The van der Waals surface area contributed by atoms with E-state index in [0.29, 0.717) is 13.0 Å². The third-order valence-electron chi connectivity index (χ3n) is 5.61. The van der Waals surface area contributed by atoms with Gasteiger partial charge in [-0.2, -0.15) is 4.31 Å². The Morgan fingerprint density at radius 1 is 0.844 bits per heavy atom. The van der Waals surface area contributed by atoms with Gasteiger partial charge in [-0.3, -0.25) is 4.79 Å². The van der Waals surface area contributed by atoms with Crippen LogP contribution in [0.3, 0.4) is 0 Å². The molecule has 0 aliphatic heterocycles. The van der Waals surface area contributed by atoms with Gasteiger partial charge in [0.15, 0.2) is 0 Å². The van der Waals surface area contributed by atoms with Gasteiger partial charge in [-0.25, -0.2) is 8.42 Å². The number of nitrogens with one attached hydrogen (secondary N) is 1. The van der Waals surface area contributed by atoms with Crippen molar-refractivity contribution in [2.24, 2.45) is 0 Å². The smallest absolute Gasteiger partial charge is 0.243 e. The number of benzene rings is 3. The number of rotatable bonds is 9. The van der Waals surface area contributed by atoms with E-state index in [1.807, 2.05) is 74.5 Å². The highest BCUT2D eigenvalue weighted by Crippen LogP contribution is 2.27. The third-order valence-corrected chi connectivity index (χ3v) is 7.66. The van der Waals surface area contributed by atoms with Crippen molar-refractivity contribution in [3.63, 3.8) is 0 Å². The highest BCUT2D eigenvalue weighted by molar-refractivity contribution is 7.89. The van der Waals surface area contributed by atoms with E-state index in [2.05, 4.69) is 5.32 Å². The Bertz CT molecular complexity index is 1070. The van der Waals surface area contributed by atoms with Gasteiger partial charge >= 0.3 is 0 Å². The van der Waals surface area contributed by atoms with Crippen molar-refractivity contribution in [3.05, 3.63) is 102 Å². The van der Waals surface area contributed by atoms with E-state index in [-0.39, 0.29) is 22.8 Å². The van der Waals surface area contributed by atoms with Crippen molar-refractivity contribution >= 4 is 15.9 Å². The first-order valence-corrected chi connectivity index (χ1v) is 12.2. The van der Waals surface area contributed by atoms with E-state index >= 15 is 0 Å². The first-order chi connectivity index (χ1) is 15.3. The predicted octanol–water partition coefficient (Wildman–Crippen LogP) is 4.55. The van der Waals surface area contributed by atoms with Crippen molar-refractivity contribution in [2.45, 2.75) is 43.7 Å². The minimum atomic E-state index is -3.52. The molecule has 5 nitrogen and oxygen atoms in total. The topological polar surface area (TPSA) is 66.5 Å². The molecule has 0 heterocycles. The quantitative estimate of drug-likeness (QED) is 0.520. The van der Waals surface area contributed by atoms with Crippen LogP contribution in [-0.2, 0) is 21.4 Å². The van der Waals surface area contributed by atoms with Gasteiger partial charge in [-0.1, -0.05) is 72.8 Å². The predicted molar refractivity (Wildman–Crippen MR) is 128 cm³/mol. The first-order valence-electron chi connectivity index (χ1n) is 10.7. The van der Waals surface area contributed by atoms with Crippen molar-refractivity contribution in [2.75, 3.05) is 7.05 Å². The molecule has 0 spiro atoms. The summed E-state index contributed by atoms with van der Waals surface area (Å²) < 4.78 is 26.5. The number of sulfonamides is 1. The second-order valence-electron chi connectivity index (χ2n) is 8.11. The van der Waals surface area contributed by atoms with Crippen LogP contribution in [0.5, 0.6) is 0 Å². The standard InChI is InChI=1S/C26H30N2O3S/c1-20(2)28(3)32(30,31)24-16-14-21(15-17-24)19-27-26(29)18-25(22-10-6-4-7-11-22)23-12-8-5-9-13-23/h4-17,20,25H,18-19H2,1-3H3,(H,27,29). The SMILES string of the molecule is CC(C)N(C)S(=O)(=O)c1ccc(CNC(=O)CC(c2ccccc2)c2ccccc2)cc1. The Labute approximate surface area is 191 Å². The van der Waals surface area contributed by atoms with E-state index in [4.69, 9.17) is 0 Å². The molecule has 0 aliphatic carbocycles. The van der Waals surface area contributed by atoms with Gasteiger partial charge in [0.1, 0.15) is 0 Å². The number of hydrogen-bond donors (Lipinski definition) is 1. The number of amides is 1. The van der Waals surface area contributed by atoms with Crippen molar-refractivity contribution in [1.82, 2.24) is 9.62 Å². The summed E-state index contributed by atoms with van der Waals surface area (Å²) in [5, 5.41) is 2.97. The molecular formula is C26H30N2O3S. The van der Waals surface area contributed by atoms with Crippen molar-refractivity contribution < 1.29 is 13.2 Å². The summed E-state index contributed by atoms with van der Waals surface area (Å²) in [7, 11) is -1.94. The molecule has 0 atom stereocenters. The van der Waals surface area contributed by atoms with Crippen LogP contribution in [0.25, 0.3) is 0 Å². The highest BCUT2D eigenvalue weighted by atomic mass is 32.2. The molecule has 0 fully saturated rings. The Morgan fingerprint density at radius 3 is 1.81 bits per heavy atom. The first kappa shape index (κ1) is 23.7. The minimum absolute atomic E-state index is 0.0310. The average Bonchev–Trinajstić information content (AvgIpc) is 2.82. The maximum Gasteiger partial charge on any atom is 0.243 e. The van der Waals surface area contributed by atoms with E-state index in [9.17, 15) is 13.2 Å². The summed E-state index contributed by atoms with van der Waals surface area (Å²) in [6.07, 6.45) is 0.333. The molecule has 0 saturated heterocycles. The van der Waals surface area contributed by atoms with Gasteiger partial charge in [0, 0.05) is 32.0 Å². The maximum atomic E-state index is 12.8. The molecule has 1 amide bonds. The fraction of sp³-hybridized carbons (Fsp3) is 0.269. The van der Waals surface area contributed by atoms with Crippen molar-refractivity contribution in [1.29, 1.82) is 0 Å². The van der Waals surface area contributed by atoms with Crippen LogP contribution in [0, 0.1) is 0 Å². The number of nitrogens with zero attached hydrogens (tertiary/aromatic N) is 1. The lowest BCUT2D eigenvalue weighted by Crippen LogP contribution is -2.33. The molecule has 0 aromatic heterocycles. The largest absolute Gasteiger partial charge is 0.352 e. The Hall–Kier alpha value is -2.96. The van der Waals surface area contributed by atoms with Crippen molar-refractivity contribution in [3.8, 4) is 0 Å². The summed E-state index contributed by atoms with van der Waals surface area (Å²) in [6, 6.07) is 26.6. The summed E-state index contributed by atoms with van der Waals surface area (Å²) in [5.74, 6) is -0.0876. The van der Waals surface area contributed by atoms with Gasteiger partial charge in [-0.15, -0.1) is 0 Å². The van der Waals surface area contributed by atoms with E-state index in [0.717, 1.165) is 16.7 Å². The molecule has 3 aromatic rings. The number of carbonyl (C=O) groups is 1. The highest BCUT2D eigenvalue weighted by Gasteiger charge is 2.23. The molecule has 0 bridgehead atoms. The van der Waals surface area contributed by atoms with E-state index < -0.39 is 10.0 Å². The molecule has 168 valence electrons. The van der Waals surface area contributed by atoms with Gasteiger partial charge in [-0.05, 0) is 42.7 Å². The molecule has 1 N–H and O–H groups in total. The summed E-state index contributed by atoms with van der Waals surface area (Å²) in [4.78, 5) is 13.0. The zero-order valence-electron chi connectivity index (χ0n) is 18.7. The van der Waals surface area contributed by atoms with Crippen LogP contribution in [-0.4, -0.2) is 31.7 Å².